The number of nitrogens with two attached hydrogens (primary N) is 1. The van der Waals surface area contributed by atoms with E-state index in [4.69, 9.17) is 22.7 Å². The van der Waals surface area contributed by atoms with E-state index in [9.17, 15) is 0 Å². The molecule has 0 atom stereocenters. The van der Waals surface area contributed by atoms with Crippen LogP contribution in [0.3, 0.4) is 0 Å². The largest absolute Gasteiger partial charge is 0.480 e. The first-order valence-electron chi connectivity index (χ1n) is 4.90. The molecule has 0 heterocycles. The first-order chi connectivity index (χ1) is 6.84. The number of rotatable bonds is 3. The Morgan fingerprint density at radius 3 is 2.13 bits per heavy atom. The number of benzene rings is 1. The molecule has 82 valence electrons. The molecule has 0 amide bonds. The molecule has 0 aliphatic heterocycles. The maximum absolute atomic E-state index is 5.86. The lowest BCUT2D eigenvalue weighted by Gasteiger charge is -2.27. The minimum atomic E-state index is -0.605. The molecule has 0 aliphatic carbocycles. The second kappa shape index (κ2) is 4.19. The van der Waals surface area contributed by atoms with Crippen LogP contribution in [-0.2, 0) is 0 Å². The number of aryl methyl sites for hydroxylation is 2. The molecule has 1 rings (SSSR count). The Hall–Kier alpha value is -1.09. The molecule has 3 heteroatoms. The molecule has 0 aromatic heterocycles. The van der Waals surface area contributed by atoms with Crippen molar-refractivity contribution in [3.63, 3.8) is 0 Å². The first kappa shape index (κ1) is 12.0. The molecule has 2 N–H and O–H groups in total. The van der Waals surface area contributed by atoms with E-state index in [1.54, 1.807) is 0 Å². The van der Waals surface area contributed by atoms with Gasteiger partial charge in [0.2, 0.25) is 0 Å². The van der Waals surface area contributed by atoms with E-state index in [-0.39, 0.29) is 0 Å². The van der Waals surface area contributed by atoms with Crippen molar-refractivity contribution in [1.29, 1.82) is 0 Å². The summed E-state index contributed by atoms with van der Waals surface area (Å²) >= 11 is 4.97. The van der Waals surface area contributed by atoms with Crippen molar-refractivity contribution in [1.82, 2.24) is 0 Å². The summed E-state index contributed by atoms with van der Waals surface area (Å²) in [4.78, 5) is 0.366. The Kier molecular flexibility index (Phi) is 3.35. The van der Waals surface area contributed by atoms with Gasteiger partial charge in [-0.3, -0.25) is 0 Å². The molecule has 0 bridgehead atoms. The van der Waals surface area contributed by atoms with Gasteiger partial charge in [-0.2, -0.15) is 0 Å². The van der Waals surface area contributed by atoms with Gasteiger partial charge in [0.05, 0.1) is 0 Å². The Bertz CT molecular complexity index is 365. The highest BCUT2D eigenvalue weighted by molar-refractivity contribution is 7.80. The number of para-hydroxylation sites is 1. The number of hydrogen-bond acceptors (Lipinski definition) is 2. The average Bonchev–Trinajstić information content (AvgIpc) is 2.11. The Morgan fingerprint density at radius 1 is 1.27 bits per heavy atom. The molecule has 0 saturated carbocycles. The quantitative estimate of drug-likeness (QED) is 0.800. The molecule has 0 fully saturated rings. The van der Waals surface area contributed by atoms with E-state index >= 15 is 0 Å². The monoisotopic (exact) mass is 223 g/mol. The number of thiocarbonyl (C=S) groups is 1. The van der Waals surface area contributed by atoms with Crippen molar-refractivity contribution in [2.24, 2.45) is 5.73 Å². The van der Waals surface area contributed by atoms with Crippen LogP contribution in [0.1, 0.15) is 25.0 Å². The minimum absolute atomic E-state index is 0.366. The van der Waals surface area contributed by atoms with Gasteiger partial charge in [-0.25, -0.2) is 0 Å². The van der Waals surface area contributed by atoms with Gasteiger partial charge in [-0.15, -0.1) is 0 Å². The highest BCUT2D eigenvalue weighted by Crippen LogP contribution is 2.26. The van der Waals surface area contributed by atoms with Gasteiger partial charge in [0, 0.05) is 0 Å². The lowest BCUT2D eigenvalue weighted by molar-refractivity contribution is 0.181. The first-order valence-corrected chi connectivity index (χ1v) is 5.30. The highest BCUT2D eigenvalue weighted by atomic mass is 32.1. The van der Waals surface area contributed by atoms with E-state index in [1.165, 1.54) is 0 Å². The van der Waals surface area contributed by atoms with E-state index in [1.807, 2.05) is 45.9 Å². The molecular weight excluding hydrogens is 206 g/mol. The summed E-state index contributed by atoms with van der Waals surface area (Å²) in [5, 5.41) is 0. The van der Waals surface area contributed by atoms with Gasteiger partial charge >= 0.3 is 0 Å². The van der Waals surface area contributed by atoms with Crippen LogP contribution in [0, 0.1) is 13.8 Å². The van der Waals surface area contributed by atoms with Crippen molar-refractivity contribution in [3.05, 3.63) is 29.3 Å². The second-order valence-corrected chi connectivity index (χ2v) is 4.64. The second-order valence-electron chi connectivity index (χ2n) is 4.20. The summed E-state index contributed by atoms with van der Waals surface area (Å²) in [5.74, 6) is 0.871. The van der Waals surface area contributed by atoms with E-state index in [0.29, 0.717) is 4.99 Å². The molecule has 0 spiro atoms. The number of hydrogen-bond donors (Lipinski definition) is 1. The zero-order chi connectivity index (χ0) is 11.6. The van der Waals surface area contributed by atoms with Crippen molar-refractivity contribution in [2.75, 3.05) is 0 Å². The van der Waals surface area contributed by atoms with Crippen LogP contribution in [0.4, 0.5) is 0 Å². The normalized spacial score (nSPS) is 11.2. The lowest BCUT2D eigenvalue weighted by atomic mass is 10.1. The lowest BCUT2D eigenvalue weighted by Crippen LogP contribution is -2.42. The summed E-state index contributed by atoms with van der Waals surface area (Å²) < 4.78 is 5.86. The van der Waals surface area contributed by atoms with Crippen molar-refractivity contribution < 1.29 is 4.74 Å². The standard InChI is InChI=1S/C12H17NOS/c1-8-6-5-7-9(2)10(8)14-12(3,4)11(13)15/h5-7H,1-4H3,(H2,13,15). The molecule has 0 radical (unpaired) electrons. The number of ether oxygens (including phenoxy) is 1. The van der Waals surface area contributed by atoms with Gasteiger partial charge in [-0.05, 0) is 38.8 Å². The van der Waals surface area contributed by atoms with Crippen molar-refractivity contribution >= 4 is 17.2 Å². The maximum Gasteiger partial charge on any atom is 0.153 e. The SMILES string of the molecule is Cc1cccc(C)c1OC(C)(C)C(N)=S. The highest BCUT2D eigenvalue weighted by Gasteiger charge is 2.24. The van der Waals surface area contributed by atoms with E-state index in [2.05, 4.69) is 0 Å². The van der Waals surface area contributed by atoms with Gasteiger partial charge in [0.1, 0.15) is 10.7 Å². The van der Waals surface area contributed by atoms with Crippen LogP contribution in [-0.4, -0.2) is 10.6 Å². The minimum Gasteiger partial charge on any atom is -0.480 e. The molecule has 0 unspecified atom stereocenters. The predicted octanol–water partition coefficient (Wildman–Crippen LogP) is 2.75. The molecule has 15 heavy (non-hydrogen) atoms. The van der Waals surface area contributed by atoms with Crippen LogP contribution in [0.2, 0.25) is 0 Å². The fourth-order valence-electron chi connectivity index (χ4n) is 1.27. The summed E-state index contributed by atoms with van der Waals surface area (Å²) in [6.45, 7) is 7.78. The fourth-order valence-corrected chi connectivity index (χ4v) is 1.31. The molecule has 0 aliphatic rings. The third-order valence-corrected chi connectivity index (χ3v) is 2.85. The topological polar surface area (TPSA) is 35.2 Å². The van der Waals surface area contributed by atoms with Gasteiger partial charge < -0.3 is 10.5 Å². The molecular formula is C12H17NOS. The van der Waals surface area contributed by atoms with Crippen LogP contribution < -0.4 is 10.5 Å². The van der Waals surface area contributed by atoms with Crippen LogP contribution in [0.5, 0.6) is 5.75 Å². The smallest absolute Gasteiger partial charge is 0.153 e. The zero-order valence-electron chi connectivity index (χ0n) is 9.63. The van der Waals surface area contributed by atoms with E-state index in [0.717, 1.165) is 16.9 Å². The maximum atomic E-state index is 5.86. The molecule has 1 aromatic carbocycles. The summed E-state index contributed by atoms with van der Waals surface area (Å²) in [6.07, 6.45) is 0. The van der Waals surface area contributed by atoms with Crippen LogP contribution in [0.15, 0.2) is 18.2 Å². The Morgan fingerprint density at radius 2 is 1.73 bits per heavy atom. The molecule has 0 saturated heterocycles. The van der Waals surface area contributed by atoms with Crippen molar-refractivity contribution in [3.8, 4) is 5.75 Å². The van der Waals surface area contributed by atoms with Gasteiger partial charge in [0.15, 0.2) is 5.60 Å². The van der Waals surface area contributed by atoms with Gasteiger partial charge in [-0.1, -0.05) is 30.4 Å². The molecule has 1 aromatic rings. The Balaban J connectivity index is 3.04. The summed E-state index contributed by atoms with van der Waals surface area (Å²) in [5.41, 5.74) is 7.21. The summed E-state index contributed by atoms with van der Waals surface area (Å²) in [6, 6.07) is 6.03. The zero-order valence-corrected chi connectivity index (χ0v) is 10.4. The van der Waals surface area contributed by atoms with E-state index < -0.39 is 5.60 Å². The van der Waals surface area contributed by atoms with Crippen LogP contribution in [0.25, 0.3) is 0 Å². The fraction of sp³-hybridized carbons (Fsp3) is 0.417. The third kappa shape index (κ3) is 2.69. The predicted molar refractivity (Wildman–Crippen MR) is 67.4 cm³/mol. The van der Waals surface area contributed by atoms with Crippen LogP contribution >= 0.6 is 12.2 Å². The Labute approximate surface area is 96.4 Å². The van der Waals surface area contributed by atoms with Crippen molar-refractivity contribution in [2.45, 2.75) is 33.3 Å². The summed E-state index contributed by atoms with van der Waals surface area (Å²) in [7, 11) is 0. The van der Waals surface area contributed by atoms with Gasteiger partial charge in [0.25, 0.3) is 0 Å². The molecule has 2 nitrogen and oxygen atoms in total. The third-order valence-electron chi connectivity index (χ3n) is 2.36. The average molecular weight is 223 g/mol.